The molecule has 8 heteroatoms. The van der Waals surface area contributed by atoms with Gasteiger partial charge in [0.1, 0.15) is 0 Å². The number of amides is 3. The van der Waals surface area contributed by atoms with Gasteiger partial charge in [0.15, 0.2) is 0 Å². The van der Waals surface area contributed by atoms with Crippen LogP contribution in [-0.2, 0) is 14.4 Å². The lowest BCUT2D eigenvalue weighted by atomic mass is 10.2. The first kappa shape index (κ1) is 18.7. The molecule has 3 rings (SSSR count). The molecule has 0 radical (unpaired) electrons. The molecule has 140 valence electrons. The van der Waals surface area contributed by atoms with Crippen LogP contribution in [0.2, 0.25) is 5.02 Å². The third-order valence-electron chi connectivity index (χ3n) is 4.59. The molecule has 1 aliphatic heterocycles. The molecule has 1 aromatic rings. The van der Waals surface area contributed by atoms with Crippen LogP contribution >= 0.6 is 11.6 Å². The standard InChI is InChI=1S/C18H23ClN4O3/c1-12-2-3-14(10-15(12)19)20-16(24)11-22-6-8-23(9-7-22)18(26)17(25)21-13-4-5-13/h2-3,10,13H,4-9,11H2,1H3,(H,20,24)(H,21,25). The highest BCUT2D eigenvalue weighted by molar-refractivity contribution is 6.35. The van der Waals surface area contributed by atoms with Crippen molar-refractivity contribution in [1.29, 1.82) is 0 Å². The van der Waals surface area contributed by atoms with E-state index < -0.39 is 11.8 Å². The fourth-order valence-electron chi connectivity index (χ4n) is 2.80. The van der Waals surface area contributed by atoms with Crippen LogP contribution in [0.4, 0.5) is 5.69 Å². The van der Waals surface area contributed by atoms with Crippen LogP contribution in [0.15, 0.2) is 18.2 Å². The third-order valence-corrected chi connectivity index (χ3v) is 5.00. The SMILES string of the molecule is Cc1ccc(NC(=O)CN2CCN(C(=O)C(=O)NC3CC3)CC2)cc1Cl. The molecule has 2 fully saturated rings. The molecule has 0 bridgehead atoms. The van der Waals surface area contributed by atoms with Gasteiger partial charge in [0, 0.05) is 42.9 Å². The van der Waals surface area contributed by atoms with E-state index in [2.05, 4.69) is 10.6 Å². The number of anilines is 1. The molecule has 1 heterocycles. The first-order chi connectivity index (χ1) is 12.4. The highest BCUT2D eigenvalue weighted by Crippen LogP contribution is 2.20. The van der Waals surface area contributed by atoms with E-state index in [1.807, 2.05) is 24.0 Å². The number of carbonyl (C=O) groups is 3. The second-order valence-corrected chi connectivity index (χ2v) is 7.24. The zero-order valence-corrected chi connectivity index (χ0v) is 15.5. The van der Waals surface area contributed by atoms with Gasteiger partial charge in [-0.1, -0.05) is 17.7 Å². The average molecular weight is 379 g/mol. The molecule has 1 saturated heterocycles. The minimum absolute atomic E-state index is 0.129. The Morgan fingerprint density at radius 1 is 1.15 bits per heavy atom. The van der Waals surface area contributed by atoms with Crippen molar-refractivity contribution in [2.45, 2.75) is 25.8 Å². The van der Waals surface area contributed by atoms with Gasteiger partial charge in [0.2, 0.25) is 5.91 Å². The van der Waals surface area contributed by atoms with Gasteiger partial charge in [0.25, 0.3) is 0 Å². The van der Waals surface area contributed by atoms with Crippen molar-refractivity contribution in [2.75, 3.05) is 38.0 Å². The molecule has 0 atom stereocenters. The topological polar surface area (TPSA) is 81.8 Å². The normalized spacial score (nSPS) is 17.7. The van der Waals surface area contributed by atoms with Gasteiger partial charge in [0.05, 0.1) is 6.54 Å². The van der Waals surface area contributed by atoms with E-state index in [-0.39, 0.29) is 18.5 Å². The van der Waals surface area contributed by atoms with Crippen LogP contribution in [0.3, 0.4) is 0 Å². The molecular weight excluding hydrogens is 356 g/mol. The number of rotatable bonds is 4. The van der Waals surface area contributed by atoms with Gasteiger partial charge < -0.3 is 15.5 Å². The summed E-state index contributed by atoms with van der Waals surface area (Å²) < 4.78 is 0. The second kappa shape index (κ2) is 8.05. The highest BCUT2D eigenvalue weighted by atomic mass is 35.5. The zero-order valence-electron chi connectivity index (χ0n) is 14.8. The van der Waals surface area contributed by atoms with Crippen molar-refractivity contribution in [3.63, 3.8) is 0 Å². The number of nitrogens with zero attached hydrogens (tertiary/aromatic N) is 2. The van der Waals surface area contributed by atoms with Crippen LogP contribution in [0.5, 0.6) is 0 Å². The minimum Gasteiger partial charge on any atom is -0.345 e. The number of piperazine rings is 1. The van der Waals surface area contributed by atoms with Crippen LogP contribution in [-0.4, -0.2) is 66.3 Å². The van der Waals surface area contributed by atoms with Gasteiger partial charge in [-0.25, -0.2) is 0 Å². The maximum atomic E-state index is 12.2. The summed E-state index contributed by atoms with van der Waals surface area (Å²) in [5.74, 6) is -1.12. The molecular formula is C18H23ClN4O3. The first-order valence-electron chi connectivity index (χ1n) is 8.80. The van der Waals surface area contributed by atoms with E-state index in [9.17, 15) is 14.4 Å². The lowest BCUT2D eigenvalue weighted by molar-refractivity contribution is -0.147. The molecule has 0 spiro atoms. The first-order valence-corrected chi connectivity index (χ1v) is 9.18. The number of benzene rings is 1. The fraction of sp³-hybridized carbons (Fsp3) is 0.500. The Kier molecular flexibility index (Phi) is 5.78. The van der Waals surface area contributed by atoms with Crippen molar-refractivity contribution < 1.29 is 14.4 Å². The zero-order chi connectivity index (χ0) is 18.7. The summed E-state index contributed by atoms with van der Waals surface area (Å²) >= 11 is 6.06. The summed E-state index contributed by atoms with van der Waals surface area (Å²) in [6.07, 6.45) is 1.90. The number of carbonyl (C=O) groups excluding carboxylic acids is 3. The molecule has 2 N–H and O–H groups in total. The van der Waals surface area contributed by atoms with Crippen LogP contribution in [0.1, 0.15) is 18.4 Å². The maximum Gasteiger partial charge on any atom is 0.311 e. The molecule has 0 unspecified atom stereocenters. The Balaban J connectivity index is 1.42. The predicted molar refractivity (Wildman–Crippen MR) is 99.0 cm³/mol. The summed E-state index contributed by atoms with van der Waals surface area (Å²) in [7, 11) is 0. The van der Waals surface area contributed by atoms with E-state index in [4.69, 9.17) is 11.6 Å². The maximum absolute atomic E-state index is 12.2. The lowest BCUT2D eigenvalue weighted by Crippen LogP contribution is -2.53. The quantitative estimate of drug-likeness (QED) is 0.766. The van der Waals surface area contributed by atoms with E-state index in [1.54, 1.807) is 11.0 Å². The van der Waals surface area contributed by atoms with Gasteiger partial charge >= 0.3 is 11.8 Å². The number of halogens is 1. The molecule has 3 amide bonds. The van der Waals surface area contributed by atoms with E-state index in [1.165, 1.54) is 0 Å². The molecule has 2 aliphatic rings. The number of aryl methyl sites for hydroxylation is 1. The van der Waals surface area contributed by atoms with Gasteiger partial charge in [-0.15, -0.1) is 0 Å². The molecule has 26 heavy (non-hydrogen) atoms. The van der Waals surface area contributed by atoms with Crippen molar-refractivity contribution in [1.82, 2.24) is 15.1 Å². The van der Waals surface area contributed by atoms with Crippen LogP contribution < -0.4 is 10.6 Å². The smallest absolute Gasteiger partial charge is 0.311 e. The summed E-state index contributed by atoms with van der Waals surface area (Å²) in [4.78, 5) is 39.6. The number of nitrogens with one attached hydrogen (secondary N) is 2. The van der Waals surface area contributed by atoms with E-state index in [0.29, 0.717) is 36.9 Å². The largest absolute Gasteiger partial charge is 0.345 e. The second-order valence-electron chi connectivity index (χ2n) is 6.83. The fourth-order valence-corrected chi connectivity index (χ4v) is 2.98. The summed E-state index contributed by atoms with van der Waals surface area (Å²) in [6, 6.07) is 5.57. The highest BCUT2D eigenvalue weighted by Gasteiger charge is 2.30. The van der Waals surface area contributed by atoms with E-state index in [0.717, 1.165) is 18.4 Å². The Morgan fingerprint density at radius 2 is 1.85 bits per heavy atom. The monoisotopic (exact) mass is 378 g/mol. The van der Waals surface area contributed by atoms with Gasteiger partial charge in [-0.3, -0.25) is 19.3 Å². The molecule has 0 aromatic heterocycles. The number of hydrogen-bond acceptors (Lipinski definition) is 4. The summed E-state index contributed by atoms with van der Waals surface area (Å²) in [6.45, 7) is 4.15. The summed E-state index contributed by atoms with van der Waals surface area (Å²) in [5, 5.41) is 6.15. The Bertz CT molecular complexity index is 712. The molecule has 7 nitrogen and oxygen atoms in total. The van der Waals surface area contributed by atoms with Gasteiger partial charge in [-0.2, -0.15) is 0 Å². The van der Waals surface area contributed by atoms with Crippen molar-refractivity contribution in [2.24, 2.45) is 0 Å². The Labute approximate surface area is 157 Å². The van der Waals surface area contributed by atoms with Crippen molar-refractivity contribution in [3.05, 3.63) is 28.8 Å². The van der Waals surface area contributed by atoms with Crippen LogP contribution in [0, 0.1) is 6.92 Å². The predicted octanol–water partition coefficient (Wildman–Crippen LogP) is 1.01. The molecule has 1 aromatic carbocycles. The number of hydrogen-bond donors (Lipinski definition) is 2. The molecule has 1 aliphatic carbocycles. The lowest BCUT2D eigenvalue weighted by Gasteiger charge is -2.33. The van der Waals surface area contributed by atoms with Crippen molar-refractivity contribution in [3.8, 4) is 0 Å². The third kappa shape index (κ3) is 4.95. The Hall–Kier alpha value is -2.12. The van der Waals surface area contributed by atoms with Crippen molar-refractivity contribution >= 4 is 35.0 Å². The Morgan fingerprint density at radius 3 is 2.46 bits per heavy atom. The van der Waals surface area contributed by atoms with E-state index >= 15 is 0 Å². The minimum atomic E-state index is -0.519. The average Bonchev–Trinajstić information content (AvgIpc) is 3.42. The summed E-state index contributed by atoms with van der Waals surface area (Å²) in [5.41, 5.74) is 1.62. The molecule has 1 saturated carbocycles. The van der Waals surface area contributed by atoms with Gasteiger partial charge in [-0.05, 0) is 37.5 Å². The van der Waals surface area contributed by atoms with Crippen LogP contribution in [0.25, 0.3) is 0 Å².